The van der Waals surface area contributed by atoms with E-state index < -0.39 is 14.8 Å². The highest BCUT2D eigenvalue weighted by Gasteiger charge is 2.22. The second-order valence-corrected chi connectivity index (χ2v) is 8.90. The van der Waals surface area contributed by atoms with Crippen LogP contribution in [0.5, 0.6) is 0 Å². The maximum Gasteiger partial charge on any atom is 0.269 e. The summed E-state index contributed by atoms with van der Waals surface area (Å²) in [5, 5.41) is 10.8. The number of pyridine rings is 1. The van der Waals surface area contributed by atoms with E-state index in [1.54, 1.807) is 59.3 Å². The van der Waals surface area contributed by atoms with Gasteiger partial charge in [0.2, 0.25) is 15.0 Å². The van der Waals surface area contributed by atoms with Gasteiger partial charge in [0, 0.05) is 29.5 Å². The zero-order valence-corrected chi connectivity index (χ0v) is 16.8. The molecule has 0 saturated heterocycles. The number of nitro benzene ring substituents is 1. The molecular weight excluding hydrogens is 418 g/mol. The van der Waals surface area contributed by atoms with E-state index in [1.807, 2.05) is 6.07 Å². The molecule has 0 aliphatic rings. The van der Waals surface area contributed by atoms with Gasteiger partial charge in [0.25, 0.3) is 5.69 Å². The van der Waals surface area contributed by atoms with Crippen molar-refractivity contribution in [3.8, 4) is 11.3 Å². The minimum absolute atomic E-state index is 0.00446. The normalized spacial score (nSPS) is 11.9. The van der Waals surface area contributed by atoms with Gasteiger partial charge >= 0.3 is 0 Å². The van der Waals surface area contributed by atoms with Crippen LogP contribution in [0.3, 0.4) is 0 Å². The summed E-state index contributed by atoms with van der Waals surface area (Å²) in [4.78, 5) is 21.9. The molecule has 9 nitrogen and oxygen atoms in total. The lowest BCUT2D eigenvalue weighted by Gasteiger charge is -2.06. The molecule has 5 rings (SSSR count). The first kappa shape index (κ1) is 18.9. The predicted molar refractivity (Wildman–Crippen MR) is 114 cm³/mol. The van der Waals surface area contributed by atoms with Crippen LogP contribution in [0.4, 0.5) is 5.69 Å². The van der Waals surface area contributed by atoms with E-state index in [0.29, 0.717) is 27.9 Å². The Bertz CT molecular complexity index is 1520. The van der Waals surface area contributed by atoms with E-state index in [2.05, 4.69) is 15.0 Å². The van der Waals surface area contributed by atoms with Crippen LogP contribution in [-0.4, -0.2) is 32.7 Å². The summed E-state index contributed by atoms with van der Waals surface area (Å²) in [6, 6.07) is 16.7. The molecule has 0 bridgehead atoms. The fourth-order valence-electron chi connectivity index (χ4n) is 3.50. The molecule has 0 aliphatic carbocycles. The smallest absolute Gasteiger partial charge is 0.269 e. The first-order valence-electron chi connectivity index (χ1n) is 9.30. The van der Waals surface area contributed by atoms with Gasteiger partial charge in [-0.2, -0.15) is 0 Å². The van der Waals surface area contributed by atoms with Gasteiger partial charge < -0.3 is 4.98 Å². The highest BCUT2D eigenvalue weighted by Crippen LogP contribution is 2.26. The van der Waals surface area contributed by atoms with Crippen LogP contribution in [0, 0.1) is 10.1 Å². The van der Waals surface area contributed by atoms with Crippen molar-refractivity contribution >= 4 is 32.2 Å². The van der Waals surface area contributed by atoms with E-state index in [0.717, 1.165) is 5.56 Å². The van der Waals surface area contributed by atoms with E-state index in [9.17, 15) is 18.5 Å². The molecule has 3 heterocycles. The van der Waals surface area contributed by atoms with E-state index in [-0.39, 0.29) is 16.6 Å². The molecule has 2 aromatic carbocycles. The molecular formula is C21H15N5O4S. The number of nitrogens with one attached hydrogen (secondary N) is 1. The van der Waals surface area contributed by atoms with Crippen LogP contribution in [0.2, 0.25) is 0 Å². The second-order valence-electron chi connectivity index (χ2n) is 6.99. The van der Waals surface area contributed by atoms with Crippen LogP contribution in [0.1, 0.15) is 5.56 Å². The third-order valence-corrected chi connectivity index (χ3v) is 6.47. The molecule has 154 valence electrons. The number of nitrogens with zero attached hydrogens (tertiary/aromatic N) is 4. The molecule has 5 aromatic rings. The molecule has 0 radical (unpaired) electrons. The van der Waals surface area contributed by atoms with Gasteiger partial charge in [0.05, 0.1) is 33.6 Å². The topological polar surface area (TPSA) is 123 Å². The lowest BCUT2D eigenvalue weighted by molar-refractivity contribution is -0.384. The SMILES string of the molecule is O=[N+]([O-])c1ccc(-c2cnc3c(CS(=O)(=O)c4nc5ccccc5[nH]4)cccn23)cc1. The van der Waals surface area contributed by atoms with Crippen molar-refractivity contribution in [2.24, 2.45) is 0 Å². The molecule has 3 aromatic heterocycles. The van der Waals surface area contributed by atoms with E-state index in [4.69, 9.17) is 0 Å². The quantitative estimate of drug-likeness (QED) is 0.332. The summed E-state index contributed by atoms with van der Waals surface area (Å²) in [7, 11) is -3.73. The molecule has 0 saturated carbocycles. The molecule has 0 amide bonds. The maximum absolute atomic E-state index is 13.0. The van der Waals surface area contributed by atoms with Crippen LogP contribution in [-0.2, 0) is 15.6 Å². The number of para-hydroxylation sites is 2. The van der Waals surface area contributed by atoms with Crippen molar-refractivity contribution in [2.45, 2.75) is 10.9 Å². The molecule has 10 heteroatoms. The summed E-state index contributed by atoms with van der Waals surface area (Å²) < 4.78 is 27.8. The fraction of sp³-hybridized carbons (Fsp3) is 0.0476. The monoisotopic (exact) mass is 433 g/mol. The first-order valence-corrected chi connectivity index (χ1v) is 10.9. The van der Waals surface area contributed by atoms with Gasteiger partial charge in [0.1, 0.15) is 5.65 Å². The Kier molecular flexibility index (Phi) is 4.29. The van der Waals surface area contributed by atoms with Gasteiger partial charge in [-0.1, -0.05) is 18.2 Å². The highest BCUT2D eigenvalue weighted by atomic mass is 32.2. The van der Waals surface area contributed by atoms with Crippen LogP contribution >= 0.6 is 0 Å². The minimum atomic E-state index is -3.73. The predicted octanol–water partition coefficient (Wildman–Crippen LogP) is 3.76. The third-order valence-electron chi connectivity index (χ3n) is 5.00. The minimum Gasteiger partial charge on any atom is -0.329 e. The molecule has 0 unspecified atom stereocenters. The number of benzene rings is 2. The maximum atomic E-state index is 13.0. The number of hydrogen-bond acceptors (Lipinski definition) is 6. The summed E-state index contributed by atoms with van der Waals surface area (Å²) in [5.74, 6) is -0.270. The lowest BCUT2D eigenvalue weighted by Crippen LogP contribution is -2.08. The zero-order valence-electron chi connectivity index (χ0n) is 16.0. The Morgan fingerprint density at radius 1 is 1.03 bits per heavy atom. The molecule has 1 N–H and O–H groups in total. The Hall–Kier alpha value is -4.05. The molecule has 31 heavy (non-hydrogen) atoms. The first-order chi connectivity index (χ1) is 14.9. The molecule has 0 fully saturated rings. The van der Waals surface area contributed by atoms with Crippen molar-refractivity contribution in [3.63, 3.8) is 0 Å². The van der Waals surface area contributed by atoms with Crippen molar-refractivity contribution < 1.29 is 13.3 Å². The average molecular weight is 433 g/mol. The van der Waals surface area contributed by atoms with Gasteiger partial charge in [-0.3, -0.25) is 14.5 Å². The number of aromatic amines is 1. The fourth-order valence-corrected chi connectivity index (χ4v) is 4.77. The van der Waals surface area contributed by atoms with Crippen LogP contribution in [0.25, 0.3) is 27.9 Å². The van der Waals surface area contributed by atoms with Gasteiger partial charge in [-0.25, -0.2) is 18.4 Å². The number of H-pyrrole nitrogens is 1. The average Bonchev–Trinajstić information content (AvgIpc) is 3.39. The van der Waals surface area contributed by atoms with Gasteiger partial charge in [0.15, 0.2) is 0 Å². The standard InChI is InChI=1S/C21H15N5O4S/c27-26(28)16-9-7-14(8-10-16)19-12-22-20-15(4-3-11-25(19)20)13-31(29,30)21-23-17-5-1-2-6-18(17)24-21/h1-12H,13H2,(H,23,24). The Morgan fingerprint density at radius 3 is 2.55 bits per heavy atom. The van der Waals surface area contributed by atoms with Crippen molar-refractivity contribution in [1.29, 1.82) is 0 Å². The summed E-state index contributed by atoms with van der Waals surface area (Å²) in [6.07, 6.45) is 3.39. The molecule has 0 spiro atoms. The zero-order chi connectivity index (χ0) is 21.6. The Labute approximate surface area is 176 Å². The van der Waals surface area contributed by atoms with Crippen molar-refractivity contribution in [3.05, 3.63) is 88.7 Å². The van der Waals surface area contributed by atoms with Gasteiger partial charge in [-0.05, 0) is 30.3 Å². The summed E-state index contributed by atoms with van der Waals surface area (Å²) in [5.41, 5.74) is 3.69. The van der Waals surface area contributed by atoms with E-state index in [1.165, 1.54) is 12.1 Å². The summed E-state index contributed by atoms with van der Waals surface area (Å²) in [6.45, 7) is 0. The Balaban J connectivity index is 1.53. The largest absolute Gasteiger partial charge is 0.329 e. The number of fused-ring (bicyclic) bond motifs is 2. The van der Waals surface area contributed by atoms with Crippen molar-refractivity contribution in [1.82, 2.24) is 19.4 Å². The summed E-state index contributed by atoms with van der Waals surface area (Å²) >= 11 is 0. The molecule has 0 aliphatic heterocycles. The number of rotatable bonds is 5. The van der Waals surface area contributed by atoms with Crippen LogP contribution < -0.4 is 0 Å². The molecule has 0 atom stereocenters. The van der Waals surface area contributed by atoms with Crippen LogP contribution in [0.15, 0.2) is 78.2 Å². The third kappa shape index (κ3) is 3.32. The number of hydrogen-bond donors (Lipinski definition) is 1. The second kappa shape index (κ2) is 7.03. The number of imidazole rings is 2. The number of non-ortho nitro benzene ring substituents is 1. The number of aromatic nitrogens is 4. The van der Waals surface area contributed by atoms with Gasteiger partial charge in [-0.15, -0.1) is 0 Å². The number of nitro groups is 1. The Morgan fingerprint density at radius 2 is 1.81 bits per heavy atom. The van der Waals surface area contributed by atoms with Crippen molar-refractivity contribution in [2.75, 3.05) is 0 Å². The lowest BCUT2D eigenvalue weighted by atomic mass is 10.1. The van der Waals surface area contributed by atoms with E-state index >= 15 is 0 Å². The highest BCUT2D eigenvalue weighted by molar-refractivity contribution is 7.90. The number of sulfone groups is 1.